The lowest BCUT2D eigenvalue weighted by atomic mass is 10.1. The molecule has 3 heterocycles. The molecule has 1 aromatic heterocycles. The first kappa shape index (κ1) is 18.9. The molecule has 0 spiro atoms. The Kier molecular flexibility index (Phi) is 5.59. The van der Waals surface area contributed by atoms with Crippen molar-refractivity contribution in [3.63, 3.8) is 0 Å². The van der Waals surface area contributed by atoms with Gasteiger partial charge in [-0.05, 0) is 30.5 Å². The molecule has 1 atom stereocenters. The van der Waals surface area contributed by atoms with Gasteiger partial charge in [0.05, 0.1) is 0 Å². The molecule has 2 aliphatic heterocycles. The third kappa shape index (κ3) is 4.18. The van der Waals surface area contributed by atoms with Gasteiger partial charge in [-0.25, -0.2) is 4.98 Å². The molecule has 2 fully saturated rings. The van der Waals surface area contributed by atoms with Crippen LogP contribution in [0.15, 0.2) is 42.6 Å². The summed E-state index contributed by atoms with van der Waals surface area (Å²) in [4.78, 5) is 23.7. The predicted octanol–water partition coefficient (Wildman–Crippen LogP) is 2.13. The summed E-state index contributed by atoms with van der Waals surface area (Å²) < 4.78 is 0. The number of piperazine rings is 1. The summed E-state index contributed by atoms with van der Waals surface area (Å²) in [5.41, 5.74) is 2.37. The second-order valence-corrected chi connectivity index (χ2v) is 7.87. The van der Waals surface area contributed by atoms with Crippen LogP contribution >= 0.6 is 0 Å². The Balaban J connectivity index is 1.29. The van der Waals surface area contributed by atoms with Crippen LogP contribution in [0.5, 0.6) is 5.75 Å². The molecule has 0 saturated carbocycles. The number of hydrogen-bond donors (Lipinski definition) is 1. The van der Waals surface area contributed by atoms with E-state index in [-0.39, 0.29) is 17.4 Å². The number of aromatic nitrogens is 1. The molecule has 2 saturated heterocycles. The van der Waals surface area contributed by atoms with Gasteiger partial charge in [-0.1, -0.05) is 30.3 Å². The fourth-order valence-corrected chi connectivity index (χ4v) is 4.25. The Bertz CT molecular complexity index is 819. The van der Waals surface area contributed by atoms with Crippen LogP contribution in [0.2, 0.25) is 0 Å². The highest BCUT2D eigenvalue weighted by Gasteiger charge is 2.32. The first-order chi connectivity index (χ1) is 13.6. The average Bonchev–Trinajstić information content (AvgIpc) is 3.17. The number of likely N-dealkylation sites (tertiary alicyclic amines) is 1. The topological polar surface area (TPSA) is 59.9 Å². The minimum atomic E-state index is -0.172. The molecule has 0 bridgehead atoms. The fraction of sp³-hybridized carbons (Fsp3) is 0.455. The highest BCUT2D eigenvalue weighted by molar-refractivity contribution is 5.94. The van der Waals surface area contributed by atoms with Crippen molar-refractivity contribution in [2.45, 2.75) is 25.9 Å². The van der Waals surface area contributed by atoms with Crippen LogP contribution in [0.25, 0.3) is 0 Å². The quantitative estimate of drug-likeness (QED) is 0.881. The van der Waals surface area contributed by atoms with E-state index in [1.165, 1.54) is 12.0 Å². The van der Waals surface area contributed by atoms with Crippen molar-refractivity contribution in [3.05, 3.63) is 59.4 Å². The Morgan fingerprint density at radius 2 is 1.89 bits per heavy atom. The summed E-state index contributed by atoms with van der Waals surface area (Å²) in [5.74, 6) is -0.200. The SMILES string of the molecule is Cc1cnc(C(=O)N2CCN(C3CCN(Cc4ccccc4)C3)CC2)c(O)c1. The predicted molar refractivity (Wildman–Crippen MR) is 108 cm³/mol. The number of pyridine rings is 1. The Morgan fingerprint density at radius 3 is 2.61 bits per heavy atom. The number of nitrogens with zero attached hydrogens (tertiary/aromatic N) is 4. The number of carbonyl (C=O) groups excluding carboxylic acids is 1. The van der Waals surface area contributed by atoms with Crippen molar-refractivity contribution in [2.24, 2.45) is 0 Å². The molecular formula is C22H28N4O2. The van der Waals surface area contributed by atoms with E-state index in [1.807, 2.05) is 11.8 Å². The Hall–Kier alpha value is -2.44. The molecule has 2 aromatic rings. The van der Waals surface area contributed by atoms with Crippen LogP contribution in [-0.4, -0.2) is 76.0 Å². The average molecular weight is 380 g/mol. The minimum absolute atomic E-state index is 0.0280. The number of rotatable bonds is 4. The van der Waals surface area contributed by atoms with E-state index < -0.39 is 0 Å². The second kappa shape index (κ2) is 8.29. The summed E-state index contributed by atoms with van der Waals surface area (Å²) in [5, 5.41) is 10.0. The lowest BCUT2D eigenvalue weighted by Gasteiger charge is -2.38. The molecule has 148 valence electrons. The zero-order chi connectivity index (χ0) is 19.5. The van der Waals surface area contributed by atoms with Crippen LogP contribution in [0.3, 0.4) is 0 Å². The molecule has 6 nitrogen and oxygen atoms in total. The maximum atomic E-state index is 12.7. The number of hydrogen-bond acceptors (Lipinski definition) is 5. The molecule has 6 heteroatoms. The molecular weight excluding hydrogens is 352 g/mol. The van der Waals surface area contributed by atoms with Crippen molar-refractivity contribution in [2.75, 3.05) is 39.3 Å². The molecule has 1 aromatic carbocycles. The van der Waals surface area contributed by atoms with Gasteiger partial charge in [0, 0.05) is 58.1 Å². The summed E-state index contributed by atoms with van der Waals surface area (Å²) in [6.45, 7) is 8.19. The van der Waals surface area contributed by atoms with Gasteiger partial charge in [0.25, 0.3) is 5.91 Å². The van der Waals surface area contributed by atoms with Crippen LogP contribution in [0.4, 0.5) is 0 Å². The maximum absolute atomic E-state index is 12.7. The normalized spacial score (nSPS) is 21.2. The minimum Gasteiger partial charge on any atom is -0.505 e. The lowest BCUT2D eigenvalue weighted by Crippen LogP contribution is -2.52. The van der Waals surface area contributed by atoms with Crippen molar-refractivity contribution >= 4 is 5.91 Å². The molecule has 1 unspecified atom stereocenters. The molecule has 1 amide bonds. The van der Waals surface area contributed by atoms with E-state index in [9.17, 15) is 9.90 Å². The molecule has 0 radical (unpaired) electrons. The summed E-state index contributed by atoms with van der Waals surface area (Å²) >= 11 is 0. The summed E-state index contributed by atoms with van der Waals surface area (Å²) in [6.07, 6.45) is 2.81. The van der Waals surface area contributed by atoms with Crippen LogP contribution in [-0.2, 0) is 6.54 Å². The standard InChI is InChI=1S/C22H28N4O2/c1-17-13-20(27)21(23-14-17)22(28)26-11-9-25(10-12-26)19-7-8-24(16-19)15-18-5-3-2-4-6-18/h2-6,13-14,19,27H,7-12,15-16H2,1H3. The van der Waals surface area contributed by atoms with Crippen molar-refractivity contribution in [1.82, 2.24) is 19.7 Å². The van der Waals surface area contributed by atoms with Crippen LogP contribution in [0.1, 0.15) is 28.0 Å². The monoisotopic (exact) mass is 380 g/mol. The van der Waals surface area contributed by atoms with Gasteiger partial charge in [-0.3, -0.25) is 14.6 Å². The van der Waals surface area contributed by atoms with Crippen molar-refractivity contribution in [3.8, 4) is 5.75 Å². The van der Waals surface area contributed by atoms with Crippen LogP contribution < -0.4 is 0 Å². The highest BCUT2D eigenvalue weighted by Crippen LogP contribution is 2.22. The van der Waals surface area contributed by atoms with E-state index in [1.54, 1.807) is 12.3 Å². The maximum Gasteiger partial charge on any atom is 0.276 e. The molecule has 4 rings (SSSR count). The number of amides is 1. The summed E-state index contributed by atoms with van der Waals surface area (Å²) in [6, 6.07) is 12.8. The molecule has 0 aliphatic carbocycles. The van der Waals surface area contributed by atoms with Gasteiger partial charge in [0.2, 0.25) is 0 Å². The van der Waals surface area contributed by atoms with E-state index in [0.29, 0.717) is 19.1 Å². The van der Waals surface area contributed by atoms with Gasteiger partial charge >= 0.3 is 0 Å². The third-order valence-electron chi connectivity index (χ3n) is 5.82. The highest BCUT2D eigenvalue weighted by atomic mass is 16.3. The van der Waals surface area contributed by atoms with E-state index in [0.717, 1.165) is 38.3 Å². The third-order valence-corrected chi connectivity index (χ3v) is 5.82. The van der Waals surface area contributed by atoms with E-state index in [2.05, 4.69) is 45.1 Å². The lowest BCUT2D eigenvalue weighted by molar-refractivity contribution is 0.0565. The van der Waals surface area contributed by atoms with Gasteiger partial charge in [0.1, 0.15) is 5.75 Å². The molecule has 28 heavy (non-hydrogen) atoms. The van der Waals surface area contributed by atoms with E-state index in [4.69, 9.17) is 0 Å². The Morgan fingerprint density at radius 1 is 1.14 bits per heavy atom. The van der Waals surface area contributed by atoms with Crippen molar-refractivity contribution < 1.29 is 9.90 Å². The largest absolute Gasteiger partial charge is 0.505 e. The zero-order valence-corrected chi connectivity index (χ0v) is 16.4. The first-order valence-corrected chi connectivity index (χ1v) is 10.1. The smallest absolute Gasteiger partial charge is 0.276 e. The van der Waals surface area contributed by atoms with Gasteiger partial charge in [-0.2, -0.15) is 0 Å². The summed E-state index contributed by atoms with van der Waals surface area (Å²) in [7, 11) is 0. The van der Waals surface area contributed by atoms with Gasteiger partial charge in [-0.15, -0.1) is 0 Å². The number of aromatic hydroxyl groups is 1. The number of benzene rings is 1. The van der Waals surface area contributed by atoms with Gasteiger partial charge in [0.15, 0.2) is 5.69 Å². The second-order valence-electron chi connectivity index (χ2n) is 7.87. The van der Waals surface area contributed by atoms with Crippen LogP contribution in [0, 0.1) is 6.92 Å². The van der Waals surface area contributed by atoms with Gasteiger partial charge < -0.3 is 10.0 Å². The van der Waals surface area contributed by atoms with Crippen molar-refractivity contribution in [1.29, 1.82) is 0 Å². The number of carbonyl (C=O) groups is 1. The zero-order valence-electron chi connectivity index (χ0n) is 16.4. The number of aryl methyl sites for hydroxylation is 1. The molecule has 2 aliphatic rings. The van der Waals surface area contributed by atoms with E-state index >= 15 is 0 Å². The first-order valence-electron chi connectivity index (χ1n) is 10.1. The fourth-order valence-electron chi connectivity index (χ4n) is 4.25. The molecule has 1 N–H and O–H groups in total. The Labute approximate surface area is 166 Å².